The molecular weight excluding hydrogens is 186 g/mol. The highest BCUT2D eigenvalue weighted by molar-refractivity contribution is 5.21. The highest BCUT2D eigenvalue weighted by Crippen LogP contribution is 2.06. The molecule has 2 nitrogen and oxygen atoms in total. The fraction of sp³-hybridized carbons (Fsp3) is 0.538. The van der Waals surface area contributed by atoms with Gasteiger partial charge in [0.05, 0.1) is 0 Å². The van der Waals surface area contributed by atoms with Crippen LogP contribution in [0.1, 0.15) is 24.0 Å². The summed E-state index contributed by atoms with van der Waals surface area (Å²) in [5.41, 5.74) is 2.66. The van der Waals surface area contributed by atoms with E-state index >= 15 is 0 Å². The lowest BCUT2D eigenvalue weighted by Crippen LogP contribution is -2.19. The van der Waals surface area contributed by atoms with Gasteiger partial charge < -0.3 is 10.0 Å². The molecule has 1 aromatic carbocycles. The van der Waals surface area contributed by atoms with Crippen LogP contribution < -0.4 is 0 Å². The number of rotatable bonds is 6. The monoisotopic (exact) mass is 207 g/mol. The van der Waals surface area contributed by atoms with E-state index in [0.29, 0.717) is 6.61 Å². The zero-order valence-corrected chi connectivity index (χ0v) is 9.74. The van der Waals surface area contributed by atoms with Crippen LogP contribution in [0.25, 0.3) is 0 Å². The molecule has 0 unspecified atom stereocenters. The first-order chi connectivity index (χ1) is 7.22. The summed E-state index contributed by atoms with van der Waals surface area (Å²) < 4.78 is 0. The molecule has 1 N–H and O–H groups in total. The number of unbranched alkanes of at least 4 members (excludes halogenated alkanes) is 1. The van der Waals surface area contributed by atoms with Crippen LogP contribution in [0.4, 0.5) is 0 Å². The molecule has 0 bridgehead atoms. The van der Waals surface area contributed by atoms with E-state index in [4.69, 9.17) is 5.11 Å². The minimum atomic E-state index is 0.304. The van der Waals surface area contributed by atoms with Crippen molar-refractivity contribution in [2.24, 2.45) is 0 Å². The van der Waals surface area contributed by atoms with E-state index in [1.807, 2.05) is 0 Å². The molecule has 0 aromatic heterocycles. The van der Waals surface area contributed by atoms with Crippen LogP contribution in [0.3, 0.4) is 0 Å². The molecule has 1 rings (SSSR count). The van der Waals surface area contributed by atoms with E-state index in [-0.39, 0.29) is 0 Å². The van der Waals surface area contributed by atoms with Crippen molar-refractivity contribution in [3.05, 3.63) is 35.4 Å². The number of nitrogens with zero attached hydrogens (tertiary/aromatic N) is 1. The fourth-order valence-electron chi connectivity index (χ4n) is 1.58. The smallest absolute Gasteiger partial charge is 0.0431 e. The van der Waals surface area contributed by atoms with Gasteiger partial charge in [0, 0.05) is 13.2 Å². The van der Waals surface area contributed by atoms with Gasteiger partial charge in [0.25, 0.3) is 0 Å². The Bertz CT molecular complexity index is 268. The van der Waals surface area contributed by atoms with Crippen molar-refractivity contribution < 1.29 is 5.11 Å². The molecule has 15 heavy (non-hydrogen) atoms. The van der Waals surface area contributed by atoms with E-state index in [1.165, 1.54) is 11.1 Å². The topological polar surface area (TPSA) is 23.5 Å². The van der Waals surface area contributed by atoms with E-state index in [1.54, 1.807) is 0 Å². The maximum absolute atomic E-state index is 8.68. The second kappa shape index (κ2) is 6.59. The maximum atomic E-state index is 8.68. The normalized spacial score (nSPS) is 10.9. The van der Waals surface area contributed by atoms with Crippen LogP contribution in [0.15, 0.2) is 24.3 Å². The molecular formula is C13H21NO. The lowest BCUT2D eigenvalue weighted by Gasteiger charge is -2.16. The van der Waals surface area contributed by atoms with Gasteiger partial charge in [-0.25, -0.2) is 0 Å². The number of aryl methyl sites for hydroxylation is 1. The first-order valence-electron chi connectivity index (χ1n) is 5.57. The van der Waals surface area contributed by atoms with Crippen molar-refractivity contribution in [1.82, 2.24) is 4.90 Å². The van der Waals surface area contributed by atoms with E-state index < -0.39 is 0 Å². The van der Waals surface area contributed by atoms with Crippen molar-refractivity contribution in [2.75, 3.05) is 20.2 Å². The van der Waals surface area contributed by atoms with Crippen molar-refractivity contribution in [3.8, 4) is 0 Å². The third-order valence-electron chi connectivity index (χ3n) is 2.52. The van der Waals surface area contributed by atoms with E-state index in [9.17, 15) is 0 Å². The summed E-state index contributed by atoms with van der Waals surface area (Å²) in [7, 11) is 2.12. The summed E-state index contributed by atoms with van der Waals surface area (Å²) in [6.45, 7) is 4.45. The maximum Gasteiger partial charge on any atom is 0.0431 e. The Hall–Kier alpha value is -0.860. The summed E-state index contributed by atoms with van der Waals surface area (Å²) in [6.07, 6.45) is 1.97. The van der Waals surface area contributed by atoms with Crippen LogP contribution in [0, 0.1) is 6.92 Å². The Labute approximate surface area is 92.5 Å². The fourth-order valence-corrected chi connectivity index (χ4v) is 1.58. The van der Waals surface area contributed by atoms with Gasteiger partial charge in [-0.3, -0.25) is 0 Å². The van der Waals surface area contributed by atoms with Gasteiger partial charge in [0.2, 0.25) is 0 Å². The Morgan fingerprint density at radius 3 is 2.40 bits per heavy atom. The molecule has 0 atom stereocenters. The number of benzene rings is 1. The van der Waals surface area contributed by atoms with Gasteiger partial charge in [0.1, 0.15) is 0 Å². The minimum Gasteiger partial charge on any atom is -0.396 e. The minimum absolute atomic E-state index is 0.304. The van der Waals surface area contributed by atoms with Gasteiger partial charge in [-0.05, 0) is 38.9 Å². The Balaban J connectivity index is 2.31. The molecule has 0 aliphatic rings. The van der Waals surface area contributed by atoms with Crippen LogP contribution in [-0.4, -0.2) is 30.2 Å². The standard InChI is InChI=1S/C13H21NO/c1-12-5-7-13(8-6-12)11-14(2)9-3-4-10-15/h5-8,15H,3-4,9-11H2,1-2H3. The van der Waals surface area contributed by atoms with Crippen molar-refractivity contribution in [2.45, 2.75) is 26.3 Å². The molecule has 0 saturated heterocycles. The van der Waals surface area contributed by atoms with Gasteiger partial charge in [0.15, 0.2) is 0 Å². The predicted octanol–water partition coefficient (Wildman–Crippen LogP) is 2.20. The third-order valence-corrected chi connectivity index (χ3v) is 2.52. The number of aliphatic hydroxyl groups excluding tert-OH is 1. The number of aliphatic hydroxyl groups is 1. The Morgan fingerprint density at radius 1 is 1.13 bits per heavy atom. The zero-order chi connectivity index (χ0) is 11.1. The van der Waals surface area contributed by atoms with Crippen molar-refractivity contribution >= 4 is 0 Å². The largest absolute Gasteiger partial charge is 0.396 e. The van der Waals surface area contributed by atoms with E-state index in [2.05, 4.69) is 43.1 Å². The lowest BCUT2D eigenvalue weighted by molar-refractivity contribution is 0.261. The first-order valence-corrected chi connectivity index (χ1v) is 5.57. The predicted molar refractivity (Wildman–Crippen MR) is 63.8 cm³/mol. The first kappa shape index (κ1) is 12.2. The molecule has 2 heteroatoms. The van der Waals surface area contributed by atoms with Crippen LogP contribution >= 0.6 is 0 Å². The van der Waals surface area contributed by atoms with Crippen LogP contribution in [0.2, 0.25) is 0 Å². The van der Waals surface area contributed by atoms with Gasteiger partial charge in [-0.15, -0.1) is 0 Å². The van der Waals surface area contributed by atoms with Crippen LogP contribution in [0.5, 0.6) is 0 Å². The molecule has 0 saturated carbocycles. The third kappa shape index (κ3) is 4.96. The second-order valence-corrected chi connectivity index (χ2v) is 4.15. The van der Waals surface area contributed by atoms with Crippen molar-refractivity contribution in [1.29, 1.82) is 0 Å². The molecule has 0 aliphatic carbocycles. The Morgan fingerprint density at radius 2 is 1.80 bits per heavy atom. The number of hydrogen-bond donors (Lipinski definition) is 1. The second-order valence-electron chi connectivity index (χ2n) is 4.15. The van der Waals surface area contributed by atoms with Gasteiger partial charge in [-0.2, -0.15) is 0 Å². The highest BCUT2D eigenvalue weighted by atomic mass is 16.2. The SMILES string of the molecule is Cc1ccc(CN(C)CCCCO)cc1. The summed E-state index contributed by atoms with van der Waals surface area (Å²) in [5, 5.41) is 8.68. The molecule has 0 radical (unpaired) electrons. The summed E-state index contributed by atoms with van der Waals surface area (Å²) in [4.78, 5) is 2.29. The summed E-state index contributed by atoms with van der Waals surface area (Å²) in [5.74, 6) is 0. The van der Waals surface area contributed by atoms with Gasteiger partial charge >= 0.3 is 0 Å². The van der Waals surface area contributed by atoms with Crippen molar-refractivity contribution in [3.63, 3.8) is 0 Å². The molecule has 1 aromatic rings. The average molecular weight is 207 g/mol. The Kier molecular flexibility index (Phi) is 5.37. The highest BCUT2D eigenvalue weighted by Gasteiger charge is 1.99. The molecule has 84 valence electrons. The molecule has 0 fully saturated rings. The summed E-state index contributed by atoms with van der Waals surface area (Å²) >= 11 is 0. The molecule has 0 aliphatic heterocycles. The quantitative estimate of drug-likeness (QED) is 0.723. The molecule has 0 spiro atoms. The molecule has 0 amide bonds. The lowest BCUT2D eigenvalue weighted by atomic mass is 10.1. The van der Waals surface area contributed by atoms with E-state index in [0.717, 1.165) is 25.9 Å². The van der Waals surface area contributed by atoms with Gasteiger partial charge in [-0.1, -0.05) is 29.8 Å². The zero-order valence-electron chi connectivity index (χ0n) is 9.74. The summed E-state index contributed by atoms with van der Waals surface area (Å²) in [6, 6.07) is 8.66. The number of hydrogen-bond acceptors (Lipinski definition) is 2. The molecule has 0 heterocycles. The average Bonchev–Trinajstić information content (AvgIpc) is 2.22. The van der Waals surface area contributed by atoms with Crippen LogP contribution in [-0.2, 0) is 6.54 Å².